The third kappa shape index (κ3) is 2.85. The Labute approximate surface area is 98.5 Å². The summed E-state index contributed by atoms with van der Waals surface area (Å²) in [4.78, 5) is 0. The van der Waals surface area contributed by atoms with E-state index < -0.39 is 5.60 Å². The summed E-state index contributed by atoms with van der Waals surface area (Å²) in [5.74, 6) is 0.487. The van der Waals surface area contributed by atoms with Gasteiger partial charge in [-0.25, -0.2) is 0 Å². The van der Waals surface area contributed by atoms with Crippen LogP contribution in [0.2, 0.25) is 0 Å². The molecule has 1 unspecified atom stereocenters. The zero-order chi connectivity index (χ0) is 11.4. The molecule has 1 fully saturated rings. The zero-order valence-electron chi connectivity index (χ0n) is 10.2. The summed E-state index contributed by atoms with van der Waals surface area (Å²) in [6.45, 7) is 2.01. The van der Waals surface area contributed by atoms with Gasteiger partial charge in [0.2, 0.25) is 0 Å². The summed E-state index contributed by atoms with van der Waals surface area (Å²) in [7, 11) is 0. The molecule has 0 bridgehead atoms. The van der Waals surface area contributed by atoms with Crippen LogP contribution in [0.1, 0.15) is 44.6 Å². The normalized spacial score (nSPS) is 21.6. The van der Waals surface area contributed by atoms with Crippen molar-refractivity contribution in [1.29, 1.82) is 0 Å². The van der Waals surface area contributed by atoms with E-state index in [0.29, 0.717) is 5.92 Å². The molecule has 1 aromatic carbocycles. The van der Waals surface area contributed by atoms with E-state index in [4.69, 9.17) is 0 Å². The maximum absolute atomic E-state index is 10.6. The van der Waals surface area contributed by atoms with Crippen LogP contribution in [0.15, 0.2) is 30.3 Å². The van der Waals surface area contributed by atoms with E-state index in [1.165, 1.54) is 37.7 Å². The Morgan fingerprint density at radius 1 is 1.12 bits per heavy atom. The molecular formula is C15H22O. The summed E-state index contributed by atoms with van der Waals surface area (Å²) >= 11 is 0. The first-order valence-corrected chi connectivity index (χ1v) is 6.45. The monoisotopic (exact) mass is 218 g/mol. The van der Waals surface area contributed by atoms with Crippen LogP contribution >= 0.6 is 0 Å². The van der Waals surface area contributed by atoms with Crippen molar-refractivity contribution in [2.45, 2.75) is 51.0 Å². The lowest BCUT2D eigenvalue weighted by molar-refractivity contribution is -0.0159. The summed E-state index contributed by atoms with van der Waals surface area (Å²) in [6, 6.07) is 10.3. The zero-order valence-corrected chi connectivity index (χ0v) is 10.2. The minimum atomic E-state index is -0.526. The molecule has 1 nitrogen and oxygen atoms in total. The molecule has 1 heteroatoms. The van der Waals surface area contributed by atoms with Gasteiger partial charge in [-0.2, -0.15) is 0 Å². The molecule has 0 spiro atoms. The Hall–Kier alpha value is -0.820. The molecule has 0 aliphatic heterocycles. The molecule has 1 aliphatic rings. The molecule has 1 N–H and O–H groups in total. The summed E-state index contributed by atoms with van der Waals surface area (Å²) in [5.41, 5.74) is 0.722. The van der Waals surface area contributed by atoms with E-state index in [2.05, 4.69) is 12.1 Å². The van der Waals surface area contributed by atoms with Gasteiger partial charge in [-0.1, -0.05) is 49.6 Å². The smallest absolute Gasteiger partial charge is 0.0687 e. The standard InChI is InChI=1S/C15H22O/c1-15(16,14-10-6-3-7-11-14)12-13-8-4-2-5-9-13/h2,4-5,8-9,14,16H,3,6-7,10-12H2,1H3. The minimum absolute atomic E-state index is 0.487. The van der Waals surface area contributed by atoms with Gasteiger partial charge in [0.1, 0.15) is 0 Å². The molecule has 1 aliphatic carbocycles. The van der Waals surface area contributed by atoms with Crippen LogP contribution in [0.5, 0.6) is 0 Å². The maximum Gasteiger partial charge on any atom is 0.0687 e. The Morgan fingerprint density at radius 3 is 2.38 bits per heavy atom. The van der Waals surface area contributed by atoms with E-state index in [0.717, 1.165) is 6.42 Å². The average Bonchev–Trinajstić information content (AvgIpc) is 2.31. The molecule has 1 saturated carbocycles. The number of hydrogen-bond donors (Lipinski definition) is 1. The highest BCUT2D eigenvalue weighted by molar-refractivity contribution is 5.17. The first-order valence-electron chi connectivity index (χ1n) is 6.45. The van der Waals surface area contributed by atoms with Crippen LogP contribution in [0.4, 0.5) is 0 Å². The van der Waals surface area contributed by atoms with Gasteiger partial charge >= 0.3 is 0 Å². The predicted molar refractivity (Wildman–Crippen MR) is 67.3 cm³/mol. The van der Waals surface area contributed by atoms with Gasteiger partial charge in [-0.3, -0.25) is 0 Å². The number of aliphatic hydroxyl groups is 1. The van der Waals surface area contributed by atoms with E-state index in [9.17, 15) is 5.11 Å². The van der Waals surface area contributed by atoms with Gasteiger partial charge in [0, 0.05) is 6.42 Å². The van der Waals surface area contributed by atoms with Crippen LogP contribution in [0, 0.1) is 5.92 Å². The van der Waals surface area contributed by atoms with Crippen molar-refractivity contribution in [1.82, 2.24) is 0 Å². The fourth-order valence-electron chi connectivity index (χ4n) is 2.88. The van der Waals surface area contributed by atoms with Crippen LogP contribution in [-0.2, 0) is 6.42 Å². The molecule has 88 valence electrons. The molecule has 0 saturated heterocycles. The van der Waals surface area contributed by atoms with Crippen molar-refractivity contribution >= 4 is 0 Å². The third-order valence-corrected chi connectivity index (χ3v) is 3.89. The first kappa shape index (κ1) is 11.7. The van der Waals surface area contributed by atoms with E-state index >= 15 is 0 Å². The second-order valence-corrected chi connectivity index (χ2v) is 5.35. The molecule has 0 heterocycles. The Bertz CT molecular complexity index is 309. The molecule has 1 atom stereocenters. The topological polar surface area (TPSA) is 20.2 Å². The van der Waals surface area contributed by atoms with Crippen LogP contribution < -0.4 is 0 Å². The van der Waals surface area contributed by atoms with Crippen LogP contribution in [-0.4, -0.2) is 10.7 Å². The lowest BCUT2D eigenvalue weighted by Crippen LogP contribution is -2.38. The van der Waals surface area contributed by atoms with Crippen molar-refractivity contribution in [3.8, 4) is 0 Å². The van der Waals surface area contributed by atoms with Crippen molar-refractivity contribution in [2.24, 2.45) is 5.92 Å². The lowest BCUT2D eigenvalue weighted by Gasteiger charge is -2.35. The fraction of sp³-hybridized carbons (Fsp3) is 0.600. The van der Waals surface area contributed by atoms with Gasteiger partial charge in [-0.05, 0) is 31.2 Å². The van der Waals surface area contributed by atoms with E-state index in [-0.39, 0.29) is 0 Å². The molecular weight excluding hydrogens is 196 g/mol. The lowest BCUT2D eigenvalue weighted by atomic mass is 9.75. The molecule has 0 amide bonds. The highest BCUT2D eigenvalue weighted by Crippen LogP contribution is 2.34. The van der Waals surface area contributed by atoms with Crippen LogP contribution in [0.25, 0.3) is 0 Å². The SMILES string of the molecule is CC(O)(Cc1ccccc1)C1CCCCC1. The first-order chi connectivity index (χ1) is 7.68. The van der Waals surface area contributed by atoms with Gasteiger partial charge < -0.3 is 5.11 Å². The Morgan fingerprint density at radius 2 is 1.75 bits per heavy atom. The molecule has 16 heavy (non-hydrogen) atoms. The van der Waals surface area contributed by atoms with Crippen molar-refractivity contribution in [3.05, 3.63) is 35.9 Å². The number of rotatable bonds is 3. The van der Waals surface area contributed by atoms with E-state index in [1.807, 2.05) is 25.1 Å². The van der Waals surface area contributed by atoms with Gasteiger partial charge in [0.25, 0.3) is 0 Å². The van der Waals surface area contributed by atoms with Gasteiger partial charge in [-0.15, -0.1) is 0 Å². The number of benzene rings is 1. The van der Waals surface area contributed by atoms with Gasteiger partial charge in [0.05, 0.1) is 5.60 Å². The average molecular weight is 218 g/mol. The minimum Gasteiger partial charge on any atom is -0.390 e. The fourth-order valence-corrected chi connectivity index (χ4v) is 2.88. The Balaban J connectivity index is 2.01. The molecule has 1 aromatic rings. The van der Waals surface area contributed by atoms with Gasteiger partial charge in [0.15, 0.2) is 0 Å². The predicted octanol–water partition coefficient (Wildman–Crippen LogP) is 3.56. The van der Waals surface area contributed by atoms with Crippen molar-refractivity contribution in [3.63, 3.8) is 0 Å². The largest absolute Gasteiger partial charge is 0.390 e. The second kappa shape index (κ2) is 5.01. The highest BCUT2D eigenvalue weighted by atomic mass is 16.3. The maximum atomic E-state index is 10.6. The van der Waals surface area contributed by atoms with Crippen molar-refractivity contribution in [2.75, 3.05) is 0 Å². The number of hydrogen-bond acceptors (Lipinski definition) is 1. The molecule has 0 radical (unpaired) electrons. The Kier molecular flexibility index (Phi) is 3.65. The quantitative estimate of drug-likeness (QED) is 0.822. The highest BCUT2D eigenvalue weighted by Gasteiger charge is 2.32. The van der Waals surface area contributed by atoms with Crippen molar-refractivity contribution < 1.29 is 5.11 Å². The molecule has 0 aromatic heterocycles. The summed E-state index contributed by atoms with van der Waals surface area (Å²) in [5, 5.41) is 10.6. The van der Waals surface area contributed by atoms with E-state index in [1.54, 1.807) is 0 Å². The third-order valence-electron chi connectivity index (χ3n) is 3.89. The summed E-state index contributed by atoms with van der Waals surface area (Å²) in [6.07, 6.45) is 7.10. The summed E-state index contributed by atoms with van der Waals surface area (Å²) < 4.78 is 0. The second-order valence-electron chi connectivity index (χ2n) is 5.35. The van der Waals surface area contributed by atoms with Crippen LogP contribution in [0.3, 0.4) is 0 Å². The molecule has 2 rings (SSSR count).